The van der Waals surface area contributed by atoms with Gasteiger partial charge in [-0.15, -0.1) is 0 Å². The van der Waals surface area contributed by atoms with E-state index in [4.69, 9.17) is 5.48 Å². The zero-order chi connectivity index (χ0) is 28.2. The summed E-state index contributed by atoms with van der Waals surface area (Å²) in [6.07, 6.45) is 5.06. The van der Waals surface area contributed by atoms with Crippen LogP contribution in [0.5, 0.6) is 0 Å². The summed E-state index contributed by atoms with van der Waals surface area (Å²) >= 11 is 0. The van der Waals surface area contributed by atoms with Crippen LogP contribution in [0.15, 0.2) is 79.2 Å². The lowest BCUT2D eigenvalue weighted by Crippen LogP contribution is -2.42. The van der Waals surface area contributed by atoms with Gasteiger partial charge in [0.15, 0.2) is 0 Å². The highest BCUT2D eigenvalue weighted by Crippen LogP contribution is 2.24. The molecule has 2 aromatic heterocycles. The number of rotatable bonds is 7. The van der Waals surface area contributed by atoms with Crippen LogP contribution in [0.4, 0.5) is 17.3 Å². The molecule has 0 saturated carbocycles. The molecule has 3 heterocycles. The number of benzene rings is 2. The first-order valence-electron chi connectivity index (χ1n) is 13.8. The van der Waals surface area contributed by atoms with Crippen molar-refractivity contribution >= 4 is 23.2 Å². The number of nitrogens with one attached hydrogen (secondary N) is 3. The number of hydrogen-bond acceptors (Lipinski definition) is 7. The second kappa shape index (κ2) is 11.1. The molecule has 2 aromatic carbocycles. The Hall–Kier alpha value is -4.14. The Morgan fingerprint density at radius 1 is 1.11 bits per heavy atom. The highest BCUT2D eigenvalue weighted by molar-refractivity contribution is 6.04. The summed E-state index contributed by atoms with van der Waals surface area (Å²) in [6.45, 7) is 5.32. The Kier molecular flexibility index (Phi) is 5.87. The molecule has 4 aromatic rings. The second-order valence-corrected chi connectivity index (χ2v) is 8.50. The number of anilines is 3. The lowest BCUT2D eigenvalue weighted by atomic mass is 10.1. The minimum atomic E-state index is -0.713. The zero-order valence-electron chi connectivity index (χ0n) is 23.9. The average Bonchev–Trinajstić information content (AvgIpc) is 2.97. The maximum absolute atomic E-state index is 13.2. The van der Waals surface area contributed by atoms with Gasteiger partial charge in [0, 0.05) is 73.8 Å². The Balaban J connectivity index is 1.36. The van der Waals surface area contributed by atoms with Crippen molar-refractivity contribution in [2.75, 3.05) is 36.8 Å². The molecule has 1 aliphatic rings. The van der Waals surface area contributed by atoms with Gasteiger partial charge in [-0.3, -0.25) is 14.7 Å². The molecule has 0 unspecified atom stereocenters. The monoisotopic (exact) mass is 483 g/mol. The minimum absolute atomic E-state index is 0.193. The number of aryl methyl sites for hydroxylation is 1. The molecule has 0 spiro atoms. The topological polar surface area (TPSA) is 95.1 Å². The third-order valence-electron chi connectivity index (χ3n) is 5.85. The molecule has 0 aliphatic carbocycles. The Morgan fingerprint density at radius 3 is 2.72 bits per heavy atom. The van der Waals surface area contributed by atoms with E-state index in [0.717, 1.165) is 37.3 Å². The summed E-state index contributed by atoms with van der Waals surface area (Å²) in [5.74, 6) is -0.344. The molecule has 3 N–H and O–H groups in total. The molecule has 8 heteroatoms. The summed E-state index contributed by atoms with van der Waals surface area (Å²) in [4.78, 5) is 28.3. The largest absolute Gasteiger partial charge is 0.324 e. The van der Waals surface area contributed by atoms with Crippen LogP contribution in [-0.2, 0) is 6.54 Å². The van der Waals surface area contributed by atoms with Gasteiger partial charge in [0.2, 0.25) is 5.95 Å². The van der Waals surface area contributed by atoms with E-state index in [-0.39, 0.29) is 29.7 Å². The average molecular weight is 484 g/mol. The Morgan fingerprint density at radius 2 is 1.94 bits per heavy atom. The maximum atomic E-state index is 13.2. The van der Waals surface area contributed by atoms with Crippen molar-refractivity contribution in [3.8, 4) is 11.3 Å². The molecule has 0 radical (unpaired) electrons. The molecule has 0 atom stereocenters. The highest BCUT2D eigenvalue weighted by atomic mass is 16.1. The first-order chi connectivity index (χ1) is 19.3. The molecule has 1 aliphatic heterocycles. The van der Waals surface area contributed by atoms with E-state index in [9.17, 15) is 4.79 Å². The van der Waals surface area contributed by atoms with Crippen molar-refractivity contribution in [2.45, 2.75) is 13.5 Å². The van der Waals surface area contributed by atoms with Crippen LogP contribution >= 0.6 is 0 Å². The molecule has 0 bridgehead atoms. The van der Waals surface area contributed by atoms with Crippen molar-refractivity contribution in [1.82, 2.24) is 25.2 Å². The van der Waals surface area contributed by atoms with Crippen LogP contribution in [0.2, 0.25) is 0 Å². The number of carbonyl (C=O) groups excluding carboxylic acids is 1. The molecule has 182 valence electrons. The second-order valence-electron chi connectivity index (χ2n) is 8.50. The Bertz CT molecular complexity index is 1520. The molecule has 1 fully saturated rings. The van der Waals surface area contributed by atoms with Gasteiger partial charge in [0.1, 0.15) is 0 Å². The van der Waals surface area contributed by atoms with Gasteiger partial charge in [-0.05, 0) is 60.5 Å². The van der Waals surface area contributed by atoms with Gasteiger partial charge in [0.25, 0.3) is 5.91 Å². The third kappa shape index (κ3) is 5.91. The van der Waals surface area contributed by atoms with Crippen molar-refractivity contribution < 1.29 is 10.3 Å². The zero-order valence-corrected chi connectivity index (χ0v) is 19.9. The van der Waals surface area contributed by atoms with E-state index >= 15 is 0 Å². The van der Waals surface area contributed by atoms with Crippen LogP contribution < -0.4 is 16.0 Å². The molecule has 8 nitrogen and oxygen atoms in total. The van der Waals surface area contributed by atoms with E-state index in [1.54, 1.807) is 36.8 Å². The first-order valence-corrected chi connectivity index (χ1v) is 11.8. The van der Waals surface area contributed by atoms with Crippen LogP contribution in [0.25, 0.3) is 11.3 Å². The van der Waals surface area contributed by atoms with Gasteiger partial charge in [0.05, 0.1) is 11.2 Å². The van der Waals surface area contributed by atoms with Crippen molar-refractivity contribution in [3.05, 3.63) is 95.8 Å². The fourth-order valence-corrected chi connectivity index (χ4v) is 3.87. The molecule has 5 rings (SSSR count). The molecule has 36 heavy (non-hydrogen) atoms. The van der Waals surface area contributed by atoms with E-state index in [0.29, 0.717) is 35.1 Å². The van der Waals surface area contributed by atoms with Crippen LogP contribution in [-0.4, -0.2) is 51.9 Å². The molecular weight excluding hydrogens is 450 g/mol. The van der Waals surface area contributed by atoms with Gasteiger partial charge in [-0.25, -0.2) is 9.97 Å². The molecule has 1 amide bonds. The predicted molar refractivity (Wildman–Crippen MR) is 142 cm³/mol. The number of amides is 1. The molecule has 1 saturated heterocycles. The summed E-state index contributed by atoms with van der Waals surface area (Å²) < 4.78 is 34.0. The minimum Gasteiger partial charge on any atom is -0.324 e. The van der Waals surface area contributed by atoms with Crippen LogP contribution in [0.3, 0.4) is 0 Å². The summed E-state index contributed by atoms with van der Waals surface area (Å²) in [6, 6.07) is 9.67. The summed E-state index contributed by atoms with van der Waals surface area (Å²) in [7, 11) is 0. The quantitative estimate of drug-likeness (QED) is 0.362. The van der Waals surface area contributed by atoms with E-state index in [2.05, 4.69) is 35.8 Å². The van der Waals surface area contributed by atoms with Gasteiger partial charge in [-0.2, -0.15) is 0 Å². The number of aromatic nitrogens is 3. The molecular formula is C28H29N7O. The van der Waals surface area contributed by atoms with Gasteiger partial charge in [-0.1, -0.05) is 18.2 Å². The Labute approximate surface area is 216 Å². The predicted octanol–water partition coefficient (Wildman–Crippen LogP) is 4.25. The summed E-state index contributed by atoms with van der Waals surface area (Å²) in [5, 5.41) is 9.17. The fraction of sp³-hybridized carbons (Fsp3) is 0.214. The highest BCUT2D eigenvalue weighted by Gasteiger charge is 2.12. The standard InChI is InChI=1S/C28H29N7O/c1-20-4-9-24(17-26(20)34-28-31-12-10-25(33-28)23-3-2-11-30-18-23)32-27(36)22-7-5-21(6-8-22)19-35-15-13-29-14-16-35/h2-12,17-18,29H,13-16,19H2,1H3,(H,32,36)(H,31,33,34)/i5D,6D,7D,8D. The van der Waals surface area contributed by atoms with Crippen molar-refractivity contribution in [3.63, 3.8) is 0 Å². The SMILES string of the molecule is [2H]c1c([2H])c(C(=O)Nc2ccc(C)c(Nc3nccc(-c4cccnc4)n3)c2)c([2H])c([2H])c1CN1CCNCC1. The normalized spacial score (nSPS) is 15.4. The first kappa shape index (κ1) is 19.1. The summed E-state index contributed by atoms with van der Waals surface area (Å²) in [5.41, 5.74) is 3.52. The van der Waals surface area contributed by atoms with E-state index < -0.39 is 5.91 Å². The number of carbonyl (C=O) groups is 1. The fourth-order valence-electron chi connectivity index (χ4n) is 3.87. The lowest BCUT2D eigenvalue weighted by Gasteiger charge is -2.27. The smallest absolute Gasteiger partial charge is 0.255 e. The number of hydrogen-bond donors (Lipinski definition) is 3. The van der Waals surface area contributed by atoms with Gasteiger partial charge >= 0.3 is 0 Å². The van der Waals surface area contributed by atoms with Crippen LogP contribution in [0.1, 0.15) is 27.0 Å². The van der Waals surface area contributed by atoms with Crippen LogP contribution in [0, 0.1) is 6.92 Å². The maximum Gasteiger partial charge on any atom is 0.255 e. The number of piperazine rings is 1. The lowest BCUT2D eigenvalue weighted by molar-refractivity contribution is 0.102. The number of pyridine rings is 1. The van der Waals surface area contributed by atoms with Gasteiger partial charge < -0.3 is 16.0 Å². The third-order valence-corrected chi connectivity index (χ3v) is 5.85. The van der Waals surface area contributed by atoms with Crippen molar-refractivity contribution in [1.29, 1.82) is 0 Å². The van der Waals surface area contributed by atoms with E-state index in [1.165, 1.54) is 0 Å². The number of nitrogens with zero attached hydrogens (tertiary/aromatic N) is 4. The van der Waals surface area contributed by atoms with E-state index in [1.807, 2.05) is 25.1 Å². The van der Waals surface area contributed by atoms with Crippen molar-refractivity contribution in [2.24, 2.45) is 0 Å².